The van der Waals surface area contributed by atoms with Gasteiger partial charge < -0.3 is 9.47 Å². The fraction of sp³-hybridized carbons (Fsp3) is 0.600. The topological polar surface area (TPSA) is 47.5 Å². The number of nitrogens with zero attached hydrogens (tertiary/aromatic N) is 3. The van der Waals surface area contributed by atoms with Crippen molar-refractivity contribution in [2.45, 2.75) is 0 Å². The second-order valence-corrected chi connectivity index (χ2v) is 3.87. The molecule has 0 radical (unpaired) electrons. The first-order valence-corrected chi connectivity index (χ1v) is 5.63. The number of hydrogen-bond acceptors (Lipinski definition) is 5. The van der Waals surface area contributed by atoms with Crippen LogP contribution < -0.4 is 4.74 Å². The average Bonchev–Trinajstić information content (AvgIpc) is 2.30. The molecular formula is C10H14ClN3O2. The minimum absolute atomic E-state index is 0.399. The van der Waals surface area contributed by atoms with E-state index in [1.807, 2.05) is 0 Å². The maximum atomic E-state index is 5.71. The van der Waals surface area contributed by atoms with Gasteiger partial charge in [0.05, 0.1) is 13.2 Å². The molecule has 1 saturated heterocycles. The van der Waals surface area contributed by atoms with Gasteiger partial charge >= 0.3 is 0 Å². The Kier molecular flexibility index (Phi) is 4.33. The van der Waals surface area contributed by atoms with Gasteiger partial charge in [0, 0.05) is 25.7 Å². The van der Waals surface area contributed by atoms with Crippen LogP contribution in [0.1, 0.15) is 0 Å². The summed E-state index contributed by atoms with van der Waals surface area (Å²) in [5, 5.41) is 0.399. The van der Waals surface area contributed by atoms with Crippen LogP contribution in [0.2, 0.25) is 5.15 Å². The highest BCUT2D eigenvalue weighted by molar-refractivity contribution is 6.29. The molecule has 2 heterocycles. The van der Waals surface area contributed by atoms with Crippen LogP contribution in [0, 0.1) is 0 Å². The number of hydrogen-bond donors (Lipinski definition) is 0. The second kappa shape index (κ2) is 5.98. The van der Waals surface area contributed by atoms with E-state index in [9.17, 15) is 0 Å². The fourth-order valence-corrected chi connectivity index (χ4v) is 1.64. The average molecular weight is 244 g/mol. The zero-order valence-corrected chi connectivity index (χ0v) is 9.69. The fourth-order valence-electron chi connectivity index (χ4n) is 1.50. The molecule has 1 aliphatic heterocycles. The van der Waals surface area contributed by atoms with Crippen molar-refractivity contribution < 1.29 is 9.47 Å². The standard InChI is InChI=1S/C10H14ClN3O2/c11-9-7-10(13-8-12-9)16-6-3-14-1-4-15-5-2-14/h7-8H,1-6H2. The van der Waals surface area contributed by atoms with E-state index < -0.39 is 0 Å². The van der Waals surface area contributed by atoms with Gasteiger partial charge in [-0.05, 0) is 0 Å². The molecule has 0 aromatic carbocycles. The van der Waals surface area contributed by atoms with Crippen LogP contribution in [-0.2, 0) is 4.74 Å². The van der Waals surface area contributed by atoms with Gasteiger partial charge in [-0.1, -0.05) is 11.6 Å². The van der Waals surface area contributed by atoms with Crippen LogP contribution in [0.25, 0.3) is 0 Å². The van der Waals surface area contributed by atoms with Crippen LogP contribution in [0.3, 0.4) is 0 Å². The van der Waals surface area contributed by atoms with Crippen molar-refractivity contribution in [2.24, 2.45) is 0 Å². The molecule has 0 amide bonds. The van der Waals surface area contributed by atoms with Crippen LogP contribution in [-0.4, -0.2) is 54.3 Å². The molecule has 0 aliphatic carbocycles. The minimum Gasteiger partial charge on any atom is -0.476 e. The number of ether oxygens (including phenoxy) is 2. The molecule has 0 atom stereocenters. The van der Waals surface area contributed by atoms with Gasteiger partial charge in [0.1, 0.15) is 18.1 Å². The van der Waals surface area contributed by atoms with Gasteiger partial charge in [-0.15, -0.1) is 0 Å². The molecular weight excluding hydrogens is 230 g/mol. The Morgan fingerprint density at radius 2 is 2.19 bits per heavy atom. The molecule has 0 spiro atoms. The van der Waals surface area contributed by atoms with Crippen LogP contribution in [0.5, 0.6) is 5.88 Å². The van der Waals surface area contributed by atoms with Crippen LogP contribution in [0.4, 0.5) is 0 Å². The Labute approximate surface area is 99.3 Å². The smallest absolute Gasteiger partial charge is 0.217 e. The Balaban J connectivity index is 1.71. The largest absolute Gasteiger partial charge is 0.476 e. The van der Waals surface area contributed by atoms with E-state index in [2.05, 4.69) is 14.9 Å². The molecule has 0 unspecified atom stereocenters. The summed E-state index contributed by atoms with van der Waals surface area (Å²) in [6.07, 6.45) is 1.40. The SMILES string of the molecule is Clc1cc(OCCN2CCOCC2)ncn1. The highest BCUT2D eigenvalue weighted by Gasteiger charge is 2.09. The molecule has 1 fully saturated rings. The normalized spacial score (nSPS) is 17.3. The summed E-state index contributed by atoms with van der Waals surface area (Å²) in [7, 11) is 0. The monoisotopic (exact) mass is 243 g/mol. The van der Waals surface area contributed by atoms with E-state index in [0.29, 0.717) is 17.6 Å². The first-order chi connectivity index (χ1) is 7.84. The van der Waals surface area contributed by atoms with Crippen molar-refractivity contribution in [1.82, 2.24) is 14.9 Å². The summed E-state index contributed by atoms with van der Waals surface area (Å²) in [4.78, 5) is 10.0. The predicted molar refractivity (Wildman–Crippen MR) is 59.8 cm³/mol. The molecule has 1 aromatic heterocycles. The molecule has 0 bridgehead atoms. The first-order valence-electron chi connectivity index (χ1n) is 5.25. The molecule has 88 valence electrons. The molecule has 5 nitrogen and oxygen atoms in total. The van der Waals surface area contributed by atoms with Crippen LogP contribution >= 0.6 is 11.6 Å². The van der Waals surface area contributed by atoms with Crippen molar-refractivity contribution in [3.05, 3.63) is 17.5 Å². The molecule has 1 aliphatic rings. The lowest BCUT2D eigenvalue weighted by molar-refractivity contribution is 0.0320. The third kappa shape index (κ3) is 3.59. The molecule has 1 aromatic rings. The minimum atomic E-state index is 0.399. The summed E-state index contributed by atoms with van der Waals surface area (Å²) in [5.74, 6) is 0.522. The molecule has 0 N–H and O–H groups in total. The third-order valence-corrected chi connectivity index (χ3v) is 2.58. The van der Waals surface area contributed by atoms with E-state index in [-0.39, 0.29) is 0 Å². The summed E-state index contributed by atoms with van der Waals surface area (Å²) < 4.78 is 10.7. The Morgan fingerprint density at radius 1 is 1.38 bits per heavy atom. The first kappa shape index (κ1) is 11.6. The lowest BCUT2D eigenvalue weighted by Gasteiger charge is -2.26. The highest BCUT2D eigenvalue weighted by atomic mass is 35.5. The maximum Gasteiger partial charge on any atom is 0.217 e. The summed E-state index contributed by atoms with van der Waals surface area (Å²) in [5.41, 5.74) is 0. The van der Waals surface area contributed by atoms with E-state index in [1.54, 1.807) is 6.07 Å². The zero-order valence-electron chi connectivity index (χ0n) is 8.93. The Bertz CT molecular complexity index is 332. The second-order valence-electron chi connectivity index (χ2n) is 3.48. The van der Waals surface area contributed by atoms with Crippen molar-refractivity contribution in [1.29, 1.82) is 0 Å². The number of halogens is 1. The Hall–Kier alpha value is -0.910. The van der Waals surface area contributed by atoms with Crippen molar-refractivity contribution in [2.75, 3.05) is 39.5 Å². The molecule has 6 heteroatoms. The van der Waals surface area contributed by atoms with Gasteiger partial charge in [-0.3, -0.25) is 4.90 Å². The Morgan fingerprint density at radius 3 is 2.94 bits per heavy atom. The van der Waals surface area contributed by atoms with E-state index >= 15 is 0 Å². The molecule has 0 saturated carbocycles. The lowest BCUT2D eigenvalue weighted by atomic mass is 10.4. The lowest BCUT2D eigenvalue weighted by Crippen LogP contribution is -2.38. The molecule has 2 rings (SSSR count). The van der Waals surface area contributed by atoms with Gasteiger partial charge in [0.15, 0.2) is 0 Å². The van der Waals surface area contributed by atoms with Gasteiger partial charge in [0.25, 0.3) is 0 Å². The van der Waals surface area contributed by atoms with Crippen molar-refractivity contribution in [3.63, 3.8) is 0 Å². The van der Waals surface area contributed by atoms with E-state index in [1.165, 1.54) is 6.33 Å². The molecule has 16 heavy (non-hydrogen) atoms. The summed E-state index contributed by atoms with van der Waals surface area (Å²) in [6.45, 7) is 5.03. The highest BCUT2D eigenvalue weighted by Crippen LogP contribution is 2.10. The quantitative estimate of drug-likeness (QED) is 0.734. The van der Waals surface area contributed by atoms with Gasteiger partial charge in [-0.25, -0.2) is 9.97 Å². The van der Waals surface area contributed by atoms with Crippen molar-refractivity contribution >= 4 is 11.6 Å². The number of morpholine rings is 1. The van der Waals surface area contributed by atoms with Gasteiger partial charge in [-0.2, -0.15) is 0 Å². The van der Waals surface area contributed by atoms with E-state index in [0.717, 1.165) is 32.8 Å². The number of rotatable bonds is 4. The zero-order chi connectivity index (χ0) is 11.2. The summed E-state index contributed by atoms with van der Waals surface area (Å²) in [6, 6.07) is 1.61. The van der Waals surface area contributed by atoms with E-state index in [4.69, 9.17) is 21.1 Å². The van der Waals surface area contributed by atoms with Crippen molar-refractivity contribution in [3.8, 4) is 5.88 Å². The van der Waals surface area contributed by atoms with Gasteiger partial charge in [0.2, 0.25) is 5.88 Å². The third-order valence-electron chi connectivity index (χ3n) is 2.37. The number of aromatic nitrogens is 2. The van der Waals surface area contributed by atoms with Crippen LogP contribution in [0.15, 0.2) is 12.4 Å². The summed E-state index contributed by atoms with van der Waals surface area (Å²) >= 11 is 5.71. The maximum absolute atomic E-state index is 5.71. The predicted octanol–water partition coefficient (Wildman–Crippen LogP) is 0.841.